The molecule has 0 radical (unpaired) electrons. The van der Waals surface area contributed by atoms with Crippen molar-refractivity contribution in [3.05, 3.63) is 52.0 Å². The molecule has 0 aliphatic heterocycles. The molecule has 0 bridgehead atoms. The van der Waals surface area contributed by atoms with Crippen molar-refractivity contribution in [3.63, 3.8) is 0 Å². The molecule has 0 aliphatic carbocycles. The standard InChI is InChI=1S/C15H19FN2S/c1-11(2)18(10-13-6-4-8-19-13)15-12(9-17)5-3-7-14(15)16/h3-8,11H,9-10,17H2,1-2H3. The maximum absolute atomic E-state index is 14.2. The molecule has 0 amide bonds. The van der Waals surface area contributed by atoms with Crippen molar-refractivity contribution in [2.45, 2.75) is 33.0 Å². The first-order chi connectivity index (χ1) is 9.13. The molecule has 0 atom stereocenters. The molecule has 0 aliphatic rings. The molecule has 4 heteroatoms. The third kappa shape index (κ3) is 3.14. The lowest BCUT2D eigenvalue weighted by molar-refractivity contribution is 0.596. The van der Waals surface area contributed by atoms with E-state index in [1.807, 2.05) is 17.5 Å². The van der Waals surface area contributed by atoms with E-state index in [0.717, 1.165) is 5.56 Å². The highest BCUT2D eigenvalue weighted by molar-refractivity contribution is 7.09. The van der Waals surface area contributed by atoms with Gasteiger partial charge in [-0.15, -0.1) is 11.3 Å². The Morgan fingerprint density at radius 1 is 1.26 bits per heavy atom. The fourth-order valence-electron chi connectivity index (χ4n) is 2.14. The van der Waals surface area contributed by atoms with Crippen LogP contribution < -0.4 is 10.6 Å². The summed E-state index contributed by atoms with van der Waals surface area (Å²) >= 11 is 1.69. The number of hydrogen-bond acceptors (Lipinski definition) is 3. The summed E-state index contributed by atoms with van der Waals surface area (Å²) in [5.41, 5.74) is 7.22. The summed E-state index contributed by atoms with van der Waals surface area (Å²) < 4.78 is 14.2. The number of halogens is 1. The van der Waals surface area contributed by atoms with Gasteiger partial charge in [0.2, 0.25) is 0 Å². The number of nitrogens with zero attached hydrogens (tertiary/aromatic N) is 1. The van der Waals surface area contributed by atoms with Crippen LogP contribution in [0, 0.1) is 5.82 Å². The molecule has 0 saturated heterocycles. The van der Waals surface area contributed by atoms with E-state index in [2.05, 4.69) is 24.8 Å². The Bertz CT molecular complexity index is 523. The third-order valence-electron chi connectivity index (χ3n) is 3.11. The van der Waals surface area contributed by atoms with Crippen molar-refractivity contribution in [2.24, 2.45) is 5.73 Å². The Labute approximate surface area is 117 Å². The van der Waals surface area contributed by atoms with Gasteiger partial charge in [0.05, 0.1) is 12.2 Å². The molecule has 1 aromatic heterocycles. The highest BCUT2D eigenvalue weighted by Gasteiger charge is 2.18. The number of hydrogen-bond donors (Lipinski definition) is 1. The van der Waals surface area contributed by atoms with Crippen molar-refractivity contribution in [2.75, 3.05) is 4.90 Å². The van der Waals surface area contributed by atoms with E-state index < -0.39 is 0 Å². The predicted molar refractivity (Wildman–Crippen MR) is 79.9 cm³/mol. The molecule has 0 unspecified atom stereocenters. The van der Waals surface area contributed by atoms with Crippen molar-refractivity contribution >= 4 is 17.0 Å². The molecule has 1 heterocycles. The fourth-order valence-corrected chi connectivity index (χ4v) is 2.84. The zero-order chi connectivity index (χ0) is 13.8. The minimum atomic E-state index is -0.201. The van der Waals surface area contributed by atoms with E-state index in [0.29, 0.717) is 18.8 Å². The van der Waals surface area contributed by atoms with Gasteiger partial charge < -0.3 is 10.6 Å². The Morgan fingerprint density at radius 2 is 2.05 bits per heavy atom. The lowest BCUT2D eigenvalue weighted by atomic mass is 10.1. The summed E-state index contributed by atoms with van der Waals surface area (Å²) in [4.78, 5) is 3.29. The van der Waals surface area contributed by atoms with E-state index in [-0.39, 0.29) is 11.9 Å². The van der Waals surface area contributed by atoms with Gasteiger partial charge >= 0.3 is 0 Å². The quantitative estimate of drug-likeness (QED) is 0.902. The lowest BCUT2D eigenvalue weighted by Crippen LogP contribution is -2.32. The van der Waals surface area contributed by atoms with Crippen LogP contribution in [0.15, 0.2) is 35.7 Å². The van der Waals surface area contributed by atoms with E-state index >= 15 is 0 Å². The summed E-state index contributed by atoms with van der Waals surface area (Å²) in [7, 11) is 0. The molecule has 0 saturated carbocycles. The molecule has 0 spiro atoms. The minimum absolute atomic E-state index is 0.201. The van der Waals surface area contributed by atoms with Crippen LogP contribution in [0.25, 0.3) is 0 Å². The third-order valence-corrected chi connectivity index (χ3v) is 3.97. The number of para-hydroxylation sites is 1. The number of thiophene rings is 1. The molecular formula is C15H19FN2S. The fraction of sp³-hybridized carbons (Fsp3) is 0.333. The molecule has 0 fully saturated rings. The van der Waals surface area contributed by atoms with Gasteiger partial charge in [-0.3, -0.25) is 0 Å². The Kier molecular flexibility index (Phi) is 4.56. The van der Waals surface area contributed by atoms with E-state index in [9.17, 15) is 4.39 Å². The zero-order valence-electron chi connectivity index (χ0n) is 11.3. The Morgan fingerprint density at radius 3 is 2.63 bits per heavy atom. The number of anilines is 1. The zero-order valence-corrected chi connectivity index (χ0v) is 12.1. The molecule has 2 N–H and O–H groups in total. The molecular weight excluding hydrogens is 259 g/mol. The van der Waals surface area contributed by atoms with Crippen molar-refractivity contribution in [1.29, 1.82) is 0 Å². The second-order valence-electron chi connectivity index (χ2n) is 4.75. The highest BCUT2D eigenvalue weighted by Crippen LogP contribution is 2.28. The number of nitrogens with two attached hydrogens (primary N) is 1. The molecule has 2 nitrogen and oxygen atoms in total. The van der Waals surface area contributed by atoms with Gasteiger partial charge in [0, 0.05) is 17.5 Å². The highest BCUT2D eigenvalue weighted by atomic mass is 32.1. The van der Waals surface area contributed by atoms with Crippen LogP contribution in [-0.4, -0.2) is 6.04 Å². The maximum atomic E-state index is 14.2. The normalized spacial score (nSPS) is 11.0. The van der Waals surface area contributed by atoms with Gasteiger partial charge in [0.15, 0.2) is 0 Å². The van der Waals surface area contributed by atoms with E-state index in [1.165, 1.54) is 10.9 Å². The van der Waals surface area contributed by atoms with Crippen LogP contribution in [0.3, 0.4) is 0 Å². The van der Waals surface area contributed by atoms with Gasteiger partial charge in [-0.2, -0.15) is 0 Å². The Hall–Kier alpha value is -1.39. The van der Waals surface area contributed by atoms with Crippen LogP contribution >= 0.6 is 11.3 Å². The number of benzene rings is 1. The first-order valence-electron chi connectivity index (χ1n) is 6.40. The van der Waals surface area contributed by atoms with Crippen LogP contribution in [0.2, 0.25) is 0 Å². The summed E-state index contributed by atoms with van der Waals surface area (Å²) in [6.07, 6.45) is 0. The second kappa shape index (κ2) is 6.17. The summed E-state index contributed by atoms with van der Waals surface area (Å²) in [6, 6.07) is 9.40. The van der Waals surface area contributed by atoms with Crippen LogP contribution in [-0.2, 0) is 13.1 Å². The van der Waals surface area contributed by atoms with E-state index in [4.69, 9.17) is 5.73 Å². The SMILES string of the molecule is CC(C)N(Cc1cccs1)c1c(F)cccc1CN. The smallest absolute Gasteiger partial charge is 0.146 e. The topological polar surface area (TPSA) is 29.3 Å². The van der Waals surface area contributed by atoms with Crippen LogP contribution in [0.5, 0.6) is 0 Å². The number of rotatable bonds is 5. The van der Waals surface area contributed by atoms with Gasteiger partial charge in [0.1, 0.15) is 5.82 Å². The van der Waals surface area contributed by atoms with Crippen LogP contribution in [0.1, 0.15) is 24.3 Å². The second-order valence-corrected chi connectivity index (χ2v) is 5.78. The molecule has 2 rings (SSSR count). The monoisotopic (exact) mass is 278 g/mol. The molecule has 1 aromatic carbocycles. The van der Waals surface area contributed by atoms with Gasteiger partial charge in [0.25, 0.3) is 0 Å². The van der Waals surface area contributed by atoms with Gasteiger partial charge in [-0.05, 0) is 36.9 Å². The van der Waals surface area contributed by atoms with Crippen molar-refractivity contribution in [3.8, 4) is 0 Å². The van der Waals surface area contributed by atoms with E-state index in [1.54, 1.807) is 17.4 Å². The van der Waals surface area contributed by atoms with Gasteiger partial charge in [-0.25, -0.2) is 4.39 Å². The molecule has 19 heavy (non-hydrogen) atoms. The lowest BCUT2D eigenvalue weighted by Gasteiger charge is -2.30. The largest absolute Gasteiger partial charge is 0.361 e. The summed E-state index contributed by atoms with van der Waals surface area (Å²) in [5, 5.41) is 2.04. The predicted octanol–water partition coefficient (Wildman–Crippen LogP) is 3.76. The van der Waals surface area contributed by atoms with Crippen molar-refractivity contribution < 1.29 is 4.39 Å². The Balaban J connectivity index is 2.39. The minimum Gasteiger partial charge on any atom is -0.361 e. The summed E-state index contributed by atoms with van der Waals surface area (Å²) in [6.45, 7) is 5.20. The van der Waals surface area contributed by atoms with Crippen LogP contribution in [0.4, 0.5) is 10.1 Å². The average molecular weight is 278 g/mol. The average Bonchev–Trinajstić information content (AvgIpc) is 2.89. The van der Waals surface area contributed by atoms with Gasteiger partial charge in [-0.1, -0.05) is 18.2 Å². The maximum Gasteiger partial charge on any atom is 0.146 e. The van der Waals surface area contributed by atoms with Crippen molar-refractivity contribution in [1.82, 2.24) is 0 Å². The first-order valence-corrected chi connectivity index (χ1v) is 7.28. The summed E-state index contributed by atoms with van der Waals surface area (Å²) in [5.74, 6) is -0.201. The molecule has 102 valence electrons. The first kappa shape index (κ1) is 14.0. The molecule has 2 aromatic rings.